The topological polar surface area (TPSA) is 46.6 Å². The van der Waals surface area contributed by atoms with Crippen molar-refractivity contribution in [3.05, 3.63) is 30.3 Å². The summed E-state index contributed by atoms with van der Waals surface area (Å²) >= 11 is 0. The van der Waals surface area contributed by atoms with Crippen molar-refractivity contribution in [1.82, 2.24) is 0 Å². The Bertz CT molecular complexity index is 563. The van der Waals surface area contributed by atoms with Crippen LogP contribution in [0.3, 0.4) is 0 Å². The predicted octanol–water partition coefficient (Wildman–Crippen LogP) is 1.88. The standard InChI is InChI=1S/C12H15NO3S/c1-9-6-7-13(17(3,14)15)12-8-10(16-2)4-5-11(9)12/h4-5,8H,1,6-7H2,2-3H3. The van der Waals surface area contributed by atoms with Gasteiger partial charge in [-0.2, -0.15) is 0 Å². The van der Waals surface area contributed by atoms with Crippen molar-refractivity contribution in [1.29, 1.82) is 0 Å². The van der Waals surface area contributed by atoms with Crippen molar-refractivity contribution in [3.63, 3.8) is 0 Å². The molecule has 0 aliphatic carbocycles. The normalized spacial score (nSPS) is 15.6. The van der Waals surface area contributed by atoms with E-state index in [1.54, 1.807) is 13.2 Å². The molecule has 0 fully saturated rings. The molecule has 1 aliphatic heterocycles. The Morgan fingerprint density at radius 3 is 2.71 bits per heavy atom. The Labute approximate surface area is 102 Å². The maximum Gasteiger partial charge on any atom is 0.232 e. The van der Waals surface area contributed by atoms with Crippen LogP contribution in [0.1, 0.15) is 12.0 Å². The number of benzene rings is 1. The van der Waals surface area contributed by atoms with Crippen LogP contribution in [0.15, 0.2) is 24.8 Å². The predicted molar refractivity (Wildman–Crippen MR) is 68.8 cm³/mol. The van der Waals surface area contributed by atoms with Crippen LogP contribution in [0.2, 0.25) is 0 Å². The molecule has 0 amide bonds. The van der Waals surface area contributed by atoms with Crippen molar-refractivity contribution >= 4 is 21.3 Å². The van der Waals surface area contributed by atoms with E-state index in [1.807, 2.05) is 12.1 Å². The molecular formula is C12H15NO3S. The zero-order valence-electron chi connectivity index (χ0n) is 9.93. The minimum atomic E-state index is -3.25. The number of nitrogens with zero attached hydrogens (tertiary/aromatic N) is 1. The van der Waals surface area contributed by atoms with Gasteiger partial charge in [-0.3, -0.25) is 4.31 Å². The molecule has 0 N–H and O–H groups in total. The van der Waals surface area contributed by atoms with Crippen LogP contribution in [0.4, 0.5) is 5.69 Å². The van der Waals surface area contributed by atoms with Crippen molar-refractivity contribution in [2.45, 2.75) is 6.42 Å². The Morgan fingerprint density at radius 2 is 2.12 bits per heavy atom. The van der Waals surface area contributed by atoms with Gasteiger partial charge in [0.15, 0.2) is 0 Å². The first kappa shape index (κ1) is 12.0. The Hall–Kier alpha value is -1.49. The van der Waals surface area contributed by atoms with Gasteiger partial charge in [0, 0.05) is 18.2 Å². The second-order valence-electron chi connectivity index (χ2n) is 4.07. The average molecular weight is 253 g/mol. The van der Waals surface area contributed by atoms with E-state index in [0.29, 0.717) is 24.4 Å². The lowest BCUT2D eigenvalue weighted by atomic mass is 9.99. The van der Waals surface area contributed by atoms with E-state index in [2.05, 4.69) is 6.58 Å². The van der Waals surface area contributed by atoms with Crippen LogP contribution in [0.25, 0.3) is 5.57 Å². The van der Waals surface area contributed by atoms with Crippen LogP contribution in [-0.4, -0.2) is 28.3 Å². The highest BCUT2D eigenvalue weighted by molar-refractivity contribution is 7.92. The highest BCUT2D eigenvalue weighted by Crippen LogP contribution is 2.37. The molecular weight excluding hydrogens is 238 g/mol. The number of sulfonamides is 1. The molecule has 4 nitrogen and oxygen atoms in total. The summed E-state index contributed by atoms with van der Waals surface area (Å²) in [6.07, 6.45) is 1.87. The molecule has 92 valence electrons. The van der Waals surface area contributed by atoms with Gasteiger partial charge in [0.25, 0.3) is 0 Å². The third-order valence-electron chi connectivity index (χ3n) is 2.87. The van der Waals surface area contributed by atoms with Gasteiger partial charge in [-0.15, -0.1) is 0 Å². The molecule has 1 aromatic rings. The van der Waals surface area contributed by atoms with Crippen LogP contribution < -0.4 is 9.04 Å². The number of hydrogen-bond donors (Lipinski definition) is 0. The number of methoxy groups -OCH3 is 1. The van der Waals surface area contributed by atoms with Crippen molar-refractivity contribution in [3.8, 4) is 5.75 Å². The van der Waals surface area contributed by atoms with Crippen molar-refractivity contribution in [2.75, 3.05) is 24.2 Å². The van der Waals surface area contributed by atoms with E-state index in [0.717, 1.165) is 11.1 Å². The molecule has 0 aromatic heterocycles. The Kier molecular flexibility index (Phi) is 2.87. The summed E-state index contributed by atoms with van der Waals surface area (Å²) in [4.78, 5) is 0. The fourth-order valence-corrected chi connectivity index (χ4v) is 2.91. The van der Waals surface area contributed by atoms with E-state index in [4.69, 9.17) is 4.74 Å². The molecule has 0 spiro atoms. The summed E-state index contributed by atoms with van der Waals surface area (Å²) in [6, 6.07) is 5.41. The third-order valence-corrected chi connectivity index (χ3v) is 4.05. The molecule has 0 saturated carbocycles. The monoisotopic (exact) mass is 253 g/mol. The minimum Gasteiger partial charge on any atom is -0.497 e. The molecule has 0 saturated heterocycles. The van der Waals surface area contributed by atoms with Gasteiger partial charge >= 0.3 is 0 Å². The summed E-state index contributed by atoms with van der Waals surface area (Å²) in [7, 11) is -1.69. The summed E-state index contributed by atoms with van der Waals surface area (Å²) in [5.41, 5.74) is 2.49. The second-order valence-corrected chi connectivity index (χ2v) is 5.98. The molecule has 0 radical (unpaired) electrons. The third kappa shape index (κ3) is 2.15. The Morgan fingerprint density at radius 1 is 1.41 bits per heavy atom. The summed E-state index contributed by atoms with van der Waals surface area (Å²) in [5, 5.41) is 0. The maximum atomic E-state index is 11.7. The largest absolute Gasteiger partial charge is 0.497 e. The Balaban J connectivity index is 2.60. The van der Waals surface area contributed by atoms with Gasteiger partial charge in [-0.25, -0.2) is 8.42 Å². The molecule has 0 atom stereocenters. The highest BCUT2D eigenvalue weighted by Gasteiger charge is 2.26. The number of ether oxygens (including phenoxy) is 1. The van der Waals surface area contributed by atoms with E-state index in [-0.39, 0.29) is 0 Å². The van der Waals surface area contributed by atoms with Crippen LogP contribution >= 0.6 is 0 Å². The molecule has 1 aliphatic rings. The summed E-state index contributed by atoms with van der Waals surface area (Å²) < 4.78 is 29.9. The van der Waals surface area contributed by atoms with Crippen LogP contribution in [-0.2, 0) is 10.0 Å². The van der Waals surface area contributed by atoms with Gasteiger partial charge in [0.2, 0.25) is 10.0 Å². The van der Waals surface area contributed by atoms with E-state index in [1.165, 1.54) is 10.6 Å². The van der Waals surface area contributed by atoms with Gasteiger partial charge in [0.1, 0.15) is 5.75 Å². The highest BCUT2D eigenvalue weighted by atomic mass is 32.2. The lowest BCUT2D eigenvalue weighted by Crippen LogP contribution is -2.34. The quantitative estimate of drug-likeness (QED) is 0.808. The first-order valence-corrected chi connectivity index (χ1v) is 7.12. The fraction of sp³-hybridized carbons (Fsp3) is 0.333. The lowest BCUT2D eigenvalue weighted by Gasteiger charge is -2.30. The maximum absolute atomic E-state index is 11.7. The first-order valence-electron chi connectivity index (χ1n) is 5.27. The second kappa shape index (κ2) is 4.07. The van der Waals surface area contributed by atoms with E-state index >= 15 is 0 Å². The number of fused-ring (bicyclic) bond motifs is 1. The van der Waals surface area contributed by atoms with Crippen LogP contribution in [0, 0.1) is 0 Å². The summed E-state index contributed by atoms with van der Waals surface area (Å²) in [5.74, 6) is 0.645. The number of anilines is 1. The zero-order chi connectivity index (χ0) is 12.6. The van der Waals surface area contributed by atoms with Gasteiger partial charge in [0.05, 0.1) is 19.1 Å². The van der Waals surface area contributed by atoms with Gasteiger partial charge in [-0.1, -0.05) is 6.58 Å². The molecule has 2 rings (SSSR count). The average Bonchev–Trinajstić information content (AvgIpc) is 2.27. The fourth-order valence-electron chi connectivity index (χ4n) is 1.98. The molecule has 0 unspecified atom stereocenters. The van der Waals surface area contributed by atoms with Crippen molar-refractivity contribution in [2.24, 2.45) is 0 Å². The lowest BCUT2D eigenvalue weighted by molar-refractivity contribution is 0.415. The zero-order valence-corrected chi connectivity index (χ0v) is 10.8. The SMILES string of the molecule is C=C1CCN(S(C)(=O)=O)c2cc(OC)ccc21. The molecule has 5 heteroatoms. The molecule has 1 heterocycles. The first-order chi connectivity index (χ1) is 7.93. The minimum absolute atomic E-state index is 0.442. The van der Waals surface area contributed by atoms with Gasteiger partial charge in [-0.05, 0) is 24.1 Å². The van der Waals surface area contributed by atoms with Crippen molar-refractivity contribution < 1.29 is 13.2 Å². The van der Waals surface area contributed by atoms with E-state index in [9.17, 15) is 8.42 Å². The summed E-state index contributed by atoms with van der Waals surface area (Å²) in [6.45, 7) is 4.41. The molecule has 1 aromatic carbocycles. The molecule has 0 bridgehead atoms. The number of rotatable bonds is 2. The smallest absolute Gasteiger partial charge is 0.232 e. The molecule has 17 heavy (non-hydrogen) atoms. The van der Waals surface area contributed by atoms with E-state index < -0.39 is 10.0 Å². The van der Waals surface area contributed by atoms with Gasteiger partial charge < -0.3 is 4.74 Å². The van der Waals surface area contributed by atoms with Crippen LogP contribution in [0.5, 0.6) is 5.75 Å². The number of hydrogen-bond acceptors (Lipinski definition) is 3.